The Bertz CT molecular complexity index is 1110. The van der Waals surface area contributed by atoms with Crippen LogP contribution in [0.5, 0.6) is 0 Å². The van der Waals surface area contributed by atoms with Crippen molar-refractivity contribution in [1.29, 1.82) is 0 Å². The molecule has 1 aliphatic rings. The number of fused-ring (bicyclic) bond motifs is 1. The molecule has 6 heteroatoms. The van der Waals surface area contributed by atoms with Gasteiger partial charge in [0.15, 0.2) is 0 Å². The van der Waals surface area contributed by atoms with E-state index in [4.69, 9.17) is 0 Å². The second-order valence-electron chi connectivity index (χ2n) is 7.60. The van der Waals surface area contributed by atoms with E-state index in [1.165, 1.54) is 16.8 Å². The fourth-order valence-electron chi connectivity index (χ4n) is 4.20. The van der Waals surface area contributed by atoms with Gasteiger partial charge in [0.2, 0.25) is 5.91 Å². The Morgan fingerprint density at radius 2 is 1.90 bits per heavy atom. The second-order valence-corrected chi connectivity index (χ2v) is 7.60. The van der Waals surface area contributed by atoms with Crippen LogP contribution >= 0.6 is 0 Å². The Balaban J connectivity index is 1.66. The first-order chi connectivity index (χ1) is 14.0. The molecule has 0 radical (unpaired) electrons. The number of hydrogen-bond acceptors (Lipinski definition) is 3. The molecular weight excluding hydrogens is 369 g/mol. The summed E-state index contributed by atoms with van der Waals surface area (Å²) in [6.07, 6.45) is 3.70. The molecule has 1 atom stereocenters. The third-order valence-electron chi connectivity index (χ3n) is 5.64. The lowest BCUT2D eigenvalue weighted by atomic mass is 10.0. The van der Waals surface area contributed by atoms with E-state index in [0.29, 0.717) is 17.6 Å². The standard InChI is InChI=1S/C23H24FN3O2/c1-16-19-10-4-5-11-20(19)23(29)27(25-16)15-22(28)26-13-6-2-3-12-21(26)17-8-7-9-18(24)14-17/h4-5,7-11,14,21H,2-3,6,12-13,15H2,1H3/t21-/m1/s1. The van der Waals surface area contributed by atoms with Crippen molar-refractivity contribution in [2.75, 3.05) is 6.54 Å². The molecular formula is C23H24FN3O2. The number of halogens is 1. The summed E-state index contributed by atoms with van der Waals surface area (Å²) in [7, 11) is 0. The van der Waals surface area contributed by atoms with Gasteiger partial charge in [0, 0.05) is 11.9 Å². The van der Waals surface area contributed by atoms with Crippen LogP contribution in [-0.2, 0) is 11.3 Å². The summed E-state index contributed by atoms with van der Waals surface area (Å²) in [5.41, 5.74) is 1.25. The maximum atomic E-state index is 13.8. The van der Waals surface area contributed by atoms with Gasteiger partial charge in [-0.15, -0.1) is 0 Å². The van der Waals surface area contributed by atoms with E-state index >= 15 is 0 Å². The third kappa shape index (κ3) is 3.92. The normalized spacial score (nSPS) is 17.3. The van der Waals surface area contributed by atoms with E-state index in [1.54, 1.807) is 17.0 Å². The van der Waals surface area contributed by atoms with Crippen molar-refractivity contribution in [1.82, 2.24) is 14.7 Å². The van der Waals surface area contributed by atoms with E-state index < -0.39 is 0 Å². The van der Waals surface area contributed by atoms with Gasteiger partial charge in [-0.1, -0.05) is 43.2 Å². The van der Waals surface area contributed by atoms with Crippen LogP contribution in [0.3, 0.4) is 0 Å². The molecule has 150 valence electrons. The number of amides is 1. The highest BCUT2D eigenvalue weighted by molar-refractivity contribution is 5.83. The van der Waals surface area contributed by atoms with E-state index in [1.807, 2.05) is 31.2 Å². The molecule has 1 aromatic heterocycles. The summed E-state index contributed by atoms with van der Waals surface area (Å²) >= 11 is 0. The molecule has 0 N–H and O–H groups in total. The first-order valence-corrected chi connectivity index (χ1v) is 10.1. The Labute approximate surface area is 168 Å². The number of hydrogen-bond donors (Lipinski definition) is 0. The van der Waals surface area contributed by atoms with Gasteiger partial charge < -0.3 is 4.90 Å². The molecule has 1 saturated heterocycles. The molecule has 0 saturated carbocycles. The average molecular weight is 393 g/mol. The van der Waals surface area contributed by atoms with Gasteiger partial charge in [-0.05, 0) is 43.5 Å². The number of carbonyl (C=O) groups is 1. The molecule has 0 bridgehead atoms. The van der Waals surface area contributed by atoms with Crippen molar-refractivity contribution in [3.63, 3.8) is 0 Å². The average Bonchev–Trinajstić information content (AvgIpc) is 2.98. The van der Waals surface area contributed by atoms with Crippen LogP contribution in [0.4, 0.5) is 4.39 Å². The fourth-order valence-corrected chi connectivity index (χ4v) is 4.20. The topological polar surface area (TPSA) is 55.2 Å². The van der Waals surface area contributed by atoms with Crippen LogP contribution in [-0.4, -0.2) is 27.1 Å². The van der Waals surface area contributed by atoms with Gasteiger partial charge in [-0.3, -0.25) is 9.59 Å². The predicted molar refractivity (Wildman–Crippen MR) is 110 cm³/mol. The van der Waals surface area contributed by atoms with Crippen LogP contribution in [0.15, 0.2) is 53.3 Å². The van der Waals surface area contributed by atoms with Gasteiger partial charge >= 0.3 is 0 Å². The zero-order valence-electron chi connectivity index (χ0n) is 16.5. The van der Waals surface area contributed by atoms with Crippen molar-refractivity contribution in [2.24, 2.45) is 0 Å². The smallest absolute Gasteiger partial charge is 0.275 e. The molecule has 5 nitrogen and oxygen atoms in total. The lowest BCUT2D eigenvalue weighted by Gasteiger charge is -2.30. The molecule has 0 unspecified atom stereocenters. The van der Waals surface area contributed by atoms with Crippen LogP contribution < -0.4 is 5.56 Å². The molecule has 1 amide bonds. The molecule has 4 rings (SSSR count). The minimum Gasteiger partial charge on any atom is -0.334 e. The Hall–Kier alpha value is -3.02. The molecule has 29 heavy (non-hydrogen) atoms. The van der Waals surface area contributed by atoms with Gasteiger partial charge in [0.25, 0.3) is 5.56 Å². The quantitative estimate of drug-likeness (QED) is 0.676. The Morgan fingerprint density at radius 3 is 2.69 bits per heavy atom. The van der Waals surface area contributed by atoms with Crippen LogP contribution in [0, 0.1) is 12.7 Å². The minimum atomic E-state index is -0.304. The monoisotopic (exact) mass is 393 g/mol. The van der Waals surface area contributed by atoms with Gasteiger partial charge in [0.1, 0.15) is 12.4 Å². The van der Waals surface area contributed by atoms with Crippen molar-refractivity contribution < 1.29 is 9.18 Å². The van der Waals surface area contributed by atoms with Crippen molar-refractivity contribution in [2.45, 2.75) is 45.2 Å². The van der Waals surface area contributed by atoms with Gasteiger partial charge in [-0.2, -0.15) is 5.10 Å². The van der Waals surface area contributed by atoms with Crippen LogP contribution in [0.2, 0.25) is 0 Å². The maximum absolute atomic E-state index is 13.8. The highest BCUT2D eigenvalue weighted by atomic mass is 19.1. The maximum Gasteiger partial charge on any atom is 0.275 e. The zero-order valence-corrected chi connectivity index (χ0v) is 16.5. The van der Waals surface area contributed by atoms with Crippen LogP contribution in [0.25, 0.3) is 10.8 Å². The number of likely N-dealkylation sites (tertiary alicyclic amines) is 1. The largest absolute Gasteiger partial charge is 0.334 e. The Morgan fingerprint density at radius 1 is 1.10 bits per heavy atom. The summed E-state index contributed by atoms with van der Waals surface area (Å²) in [6, 6.07) is 13.6. The highest BCUT2D eigenvalue weighted by Gasteiger charge is 2.27. The second kappa shape index (κ2) is 8.15. The molecule has 2 aromatic carbocycles. The van der Waals surface area contributed by atoms with E-state index in [-0.39, 0.29) is 29.9 Å². The van der Waals surface area contributed by atoms with Crippen molar-refractivity contribution >= 4 is 16.7 Å². The lowest BCUT2D eigenvalue weighted by molar-refractivity contribution is -0.134. The lowest BCUT2D eigenvalue weighted by Crippen LogP contribution is -2.40. The van der Waals surface area contributed by atoms with E-state index in [9.17, 15) is 14.0 Å². The fraction of sp³-hybridized carbons (Fsp3) is 0.348. The van der Waals surface area contributed by atoms with Crippen molar-refractivity contribution in [3.05, 3.63) is 76.0 Å². The summed E-state index contributed by atoms with van der Waals surface area (Å²) in [5.74, 6) is -0.465. The Kier molecular flexibility index (Phi) is 5.43. The first kappa shape index (κ1) is 19.3. The van der Waals surface area contributed by atoms with E-state index in [0.717, 1.165) is 36.6 Å². The minimum absolute atomic E-state index is 0.115. The summed E-state index contributed by atoms with van der Waals surface area (Å²) in [4.78, 5) is 27.9. The number of rotatable bonds is 3. The molecule has 2 heterocycles. The van der Waals surface area contributed by atoms with Gasteiger partial charge in [-0.25, -0.2) is 9.07 Å². The number of carbonyl (C=O) groups excluding carboxylic acids is 1. The number of benzene rings is 2. The first-order valence-electron chi connectivity index (χ1n) is 10.1. The van der Waals surface area contributed by atoms with Crippen molar-refractivity contribution in [3.8, 4) is 0 Å². The molecule has 1 fully saturated rings. The summed E-state index contributed by atoms with van der Waals surface area (Å²) in [6.45, 7) is 2.32. The summed E-state index contributed by atoms with van der Waals surface area (Å²) < 4.78 is 15.0. The number of nitrogens with zero attached hydrogens (tertiary/aromatic N) is 3. The molecule has 1 aliphatic heterocycles. The molecule has 0 spiro atoms. The van der Waals surface area contributed by atoms with Crippen LogP contribution in [0.1, 0.15) is 43.0 Å². The zero-order chi connectivity index (χ0) is 20.4. The highest BCUT2D eigenvalue weighted by Crippen LogP contribution is 2.30. The SMILES string of the molecule is Cc1nn(CC(=O)N2CCCCC[C@@H]2c2cccc(F)c2)c(=O)c2ccccc12. The number of aromatic nitrogens is 2. The predicted octanol–water partition coefficient (Wildman–Crippen LogP) is 3.99. The summed E-state index contributed by atoms with van der Waals surface area (Å²) in [5, 5.41) is 5.73. The molecule has 0 aliphatic carbocycles. The third-order valence-corrected chi connectivity index (χ3v) is 5.64. The number of aryl methyl sites for hydroxylation is 1. The van der Waals surface area contributed by atoms with Gasteiger partial charge in [0.05, 0.1) is 17.1 Å². The van der Waals surface area contributed by atoms with E-state index in [2.05, 4.69) is 5.10 Å². The molecule has 3 aromatic rings.